The number of anilines is 1. The molecule has 0 bridgehead atoms. The van der Waals surface area contributed by atoms with E-state index in [4.69, 9.17) is 0 Å². The normalized spacial score (nSPS) is 12.2. The molecule has 0 fully saturated rings. The Hall–Kier alpha value is -1.92. The van der Waals surface area contributed by atoms with Crippen molar-refractivity contribution in [3.63, 3.8) is 0 Å². The second-order valence-corrected chi connectivity index (χ2v) is 5.79. The summed E-state index contributed by atoms with van der Waals surface area (Å²) in [6, 6.07) is 9.79. The molecule has 112 valence electrons. The summed E-state index contributed by atoms with van der Waals surface area (Å²) in [5, 5.41) is 7.29. The molecule has 0 unspecified atom stereocenters. The molecule has 0 spiro atoms. The Morgan fingerprint density at radius 1 is 1.29 bits per heavy atom. The third-order valence-corrected chi connectivity index (χ3v) is 4.05. The van der Waals surface area contributed by atoms with Crippen LogP contribution in [0.4, 0.5) is 14.9 Å². The van der Waals surface area contributed by atoms with Gasteiger partial charge >= 0.3 is 6.03 Å². The summed E-state index contributed by atoms with van der Waals surface area (Å²) in [6.45, 7) is 0.452. The molecule has 0 saturated heterocycles. The van der Waals surface area contributed by atoms with Crippen LogP contribution in [-0.2, 0) is 0 Å². The number of urea groups is 1. The molecule has 6 heteroatoms. The Labute approximate surface area is 127 Å². The Morgan fingerprint density at radius 2 is 2.05 bits per heavy atom. The first kappa shape index (κ1) is 15.5. The lowest BCUT2D eigenvalue weighted by Crippen LogP contribution is -2.36. The number of amides is 2. The van der Waals surface area contributed by atoms with E-state index in [1.807, 2.05) is 36.5 Å². The zero-order valence-corrected chi connectivity index (χ0v) is 12.8. The molecule has 2 N–H and O–H groups in total. The van der Waals surface area contributed by atoms with Crippen LogP contribution in [0.5, 0.6) is 0 Å². The van der Waals surface area contributed by atoms with E-state index in [0.29, 0.717) is 6.54 Å². The number of para-hydroxylation sites is 1. The van der Waals surface area contributed by atoms with Gasteiger partial charge in [-0.25, -0.2) is 9.18 Å². The Balaban J connectivity index is 1.92. The molecule has 21 heavy (non-hydrogen) atoms. The number of thiophene rings is 1. The predicted molar refractivity (Wildman–Crippen MR) is 84.2 cm³/mol. The van der Waals surface area contributed by atoms with Crippen LogP contribution in [-0.4, -0.2) is 31.6 Å². The average Bonchev–Trinajstić information content (AvgIpc) is 2.95. The van der Waals surface area contributed by atoms with Crippen LogP contribution >= 0.6 is 11.3 Å². The number of hydrogen-bond donors (Lipinski definition) is 2. The number of nitrogens with zero attached hydrogens (tertiary/aromatic N) is 1. The molecule has 0 saturated carbocycles. The lowest BCUT2D eigenvalue weighted by molar-refractivity contribution is 0.244. The van der Waals surface area contributed by atoms with E-state index in [0.717, 1.165) is 0 Å². The zero-order valence-electron chi connectivity index (χ0n) is 12.0. The number of hydrogen-bond acceptors (Lipinski definition) is 3. The van der Waals surface area contributed by atoms with Gasteiger partial charge in [-0.05, 0) is 37.7 Å². The highest BCUT2D eigenvalue weighted by Gasteiger charge is 2.16. The van der Waals surface area contributed by atoms with Crippen molar-refractivity contribution in [1.29, 1.82) is 0 Å². The van der Waals surface area contributed by atoms with Crippen molar-refractivity contribution in [2.75, 3.05) is 26.0 Å². The van der Waals surface area contributed by atoms with Crippen LogP contribution in [0.3, 0.4) is 0 Å². The summed E-state index contributed by atoms with van der Waals surface area (Å²) in [6.07, 6.45) is 0. The van der Waals surface area contributed by atoms with E-state index in [2.05, 4.69) is 10.6 Å². The maximum atomic E-state index is 13.5. The van der Waals surface area contributed by atoms with Crippen LogP contribution in [0.25, 0.3) is 0 Å². The summed E-state index contributed by atoms with van der Waals surface area (Å²) in [7, 11) is 3.92. The molecule has 0 radical (unpaired) electrons. The van der Waals surface area contributed by atoms with Crippen molar-refractivity contribution in [1.82, 2.24) is 10.2 Å². The second kappa shape index (κ2) is 7.19. The van der Waals surface area contributed by atoms with Crippen LogP contribution in [0.15, 0.2) is 41.8 Å². The Bertz CT molecular complexity index is 586. The fourth-order valence-corrected chi connectivity index (χ4v) is 2.86. The molecule has 2 rings (SSSR count). The molecular formula is C15H18FN3OS. The van der Waals surface area contributed by atoms with Gasteiger partial charge in [0.05, 0.1) is 11.7 Å². The largest absolute Gasteiger partial charge is 0.336 e. The van der Waals surface area contributed by atoms with Crippen LogP contribution < -0.4 is 10.6 Å². The minimum Gasteiger partial charge on any atom is -0.336 e. The van der Waals surface area contributed by atoms with Crippen molar-refractivity contribution in [3.05, 3.63) is 52.5 Å². The topological polar surface area (TPSA) is 44.4 Å². The third-order valence-electron chi connectivity index (χ3n) is 3.07. The van der Waals surface area contributed by atoms with Gasteiger partial charge in [0.1, 0.15) is 5.82 Å². The van der Waals surface area contributed by atoms with Gasteiger partial charge in [0.15, 0.2) is 0 Å². The maximum Gasteiger partial charge on any atom is 0.319 e. The van der Waals surface area contributed by atoms with E-state index < -0.39 is 11.8 Å². The van der Waals surface area contributed by atoms with Gasteiger partial charge in [-0.2, -0.15) is 0 Å². The number of carbonyl (C=O) groups excluding carboxylic acids is 1. The number of nitrogens with one attached hydrogen (secondary N) is 2. The van der Waals surface area contributed by atoms with Gasteiger partial charge in [0, 0.05) is 11.4 Å². The highest BCUT2D eigenvalue weighted by molar-refractivity contribution is 7.10. The standard InChI is InChI=1S/C15H18FN3OS/c1-19(2)13(14-8-5-9-21-14)10-17-15(20)18-12-7-4-3-6-11(12)16/h3-9,13H,10H2,1-2H3,(H2,17,18,20)/t13-/m0/s1. The first-order valence-electron chi connectivity index (χ1n) is 6.57. The SMILES string of the molecule is CN(C)[C@@H](CNC(=O)Nc1ccccc1F)c1cccs1. The van der Waals surface area contributed by atoms with Crippen molar-refractivity contribution in [3.8, 4) is 0 Å². The number of rotatable bonds is 5. The minimum atomic E-state index is -0.449. The van der Waals surface area contributed by atoms with Crippen LogP contribution in [0.2, 0.25) is 0 Å². The lowest BCUT2D eigenvalue weighted by atomic mass is 10.2. The summed E-state index contributed by atoms with van der Waals surface area (Å²) < 4.78 is 13.5. The first-order chi connectivity index (χ1) is 10.1. The molecule has 0 aliphatic carbocycles. The molecule has 2 aromatic rings. The van der Waals surface area contributed by atoms with E-state index in [1.165, 1.54) is 17.0 Å². The first-order valence-corrected chi connectivity index (χ1v) is 7.45. The maximum absolute atomic E-state index is 13.5. The monoisotopic (exact) mass is 307 g/mol. The van der Waals surface area contributed by atoms with E-state index in [1.54, 1.807) is 23.5 Å². The molecule has 1 aromatic carbocycles. The number of carbonyl (C=O) groups is 1. The van der Waals surface area contributed by atoms with Gasteiger partial charge in [0.2, 0.25) is 0 Å². The summed E-state index contributed by atoms with van der Waals surface area (Å²) in [5.41, 5.74) is 0.174. The quantitative estimate of drug-likeness (QED) is 0.890. The second-order valence-electron chi connectivity index (χ2n) is 4.81. The summed E-state index contributed by atoms with van der Waals surface area (Å²) >= 11 is 1.64. The summed E-state index contributed by atoms with van der Waals surface area (Å²) in [4.78, 5) is 15.1. The highest BCUT2D eigenvalue weighted by atomic mass is 32.1. The van der Waals surface area contributed by atoms with Crippen molar-refractivity contribution in [2.24, 2.45) is 0 Å². The molecule has 1 heterocycles. The highest BCUT2D eigenvalue weighted by Crippen LogP contribution is 2.22. The predicted octanol–water partition coefficient (Wildman–Crippen LogP) is 3.31. The Morgan fingerprint density at radius 3 is 2.67 bits per heavy atom. The number of likely N-dealkylation sites (N-methyl/N-ethyl adjacent to an activating group) is 1. The number of benzene rings is 1. The van der Waals surface area contributed by atoms with Gasteiger partial charge in [-0.1, -0.05) is 18.2 Å². The van der Waals surface area contributed by atoms with Gasteiger partial charge in [-0.15, -0.1) is 11.3 Å². The number of halogens is 1. The molecule has 1 aromatic heterocycles. The van der Waals surface area contributed by atoms with E-state index >= 15 is 0 Å². The summed E-state index contributed by atoms with van der Waals surface area (Å²) in [5.74, 6) is -0.449. The van der Waals surface area contributed by atoms with E-state index in [9.17, 15) is 9.18 Å². The molecule has 2 amide bonds. The zero-order chi connectivity index (χ0) is 15.2. The molecule has 4 nitrogen and oxygen atoms in total. The van der Waals surface area contributed by atoms with Crippen LogP contribution in [0, 0.1) is 5.82 Å². The lowest BCUT2D eigenvalue weighted by Gasteiger charge is -2.23. The molecule has 0 aliphatic rings. The van der Waals surface area contributed by atoms with Gasteiger partial charge in [0.25, 0.3) is 0 Å². The van der Waals surface area contributed by atoms with Gasteiger partial charge in [-0.3, -0.25) is 0 Å². The molecule has 0 aliphatic heterocycles. The fourth-order valence-electron chi connectivity index (χ4n) is 1.94. The van der Waals surface area contributed by atoms with Crippen molar-refractivity contribution in [2.45, 2.75) is 6.04 Å². The van der Waals surface area contributed by atoms with Crippen molar-refractivity contribution < 1.29 is 9.18 Å². The Kier molecular flexibility index (Phi) is 5.30. The smallest absolute Gasteiger partial charge is 0.319 e. The van der Waals surface area contributed by atoms with Crippen molar-refractivity contribution >= 4 is 23.1 Å². The molecular weight excluding hydrogens is 289 g/mol. The minimum absolute atomic E-state index is 0.0939. The van der Waals surface area contributed by atoms with Gasteiger partial charge < -0.3 is 15.5 Å². The van der Waals surface area contributed by atoms with E-state index in [-0.39, 0.29) is 11.7 Å². The molecule has 1 atom stereocenters. The average molecular weight is 307 g/mol. The fraction of sp³-hybridized carbons (Fsp3) is 0.267. The third kappa shape index (κ3) is 4.27. The van der Waals surface area contributed by atoms with Crippen LogP contribution in [0.1, 0.15) is 10.9 Å².